The van der Waals surface area contributed by atoms with E-state index in [1.165, 1.54) is 0 Å². The second kappa shape index (κ2) is 7.91. The van der Waals surface area contributed by atoms with Crippen LogP contribution >= 0.6 is 0 Å². The summed E-state index contributed by atoms with van der Waals surface area (Å²) in [5.41, 5.74) is 2.06. The average Bonchev–Trinajstić information content (AvgIpc) is 2.98. The molecule has 0 spiro atoms. The van der Waals surface area contributed by atoms with E-state index in [0.717, 1.165) is 0 Å². The molecule has 0 aromatic heterocycles. The first kappa shape index (κ1) is 19.1. The minimum absolute atomic E-state index is 0.318. The van der Waals surface area contributed by atoms with Gasteiger partial charge in [0.25, 0.3) is 17.7 Å². The van der Waals surface area contributed by atoms with Gasteiger partial charge in [-0.15, -0.1) is 0 Å². The molecule has 144 valence electrons. The van der Waals surface area contributed by atoms with Crippen molar-refractivity contribution in [2.24, 2.45) is 0 Å². The van der Waals surface area contributed by atoms with Crippen molar-refractivity contribution >= 4 is 23.8 Å². The number of hydrogen-bond acceptors (Lipinski definition) is 4. The molecule has 1 fully saturated rings. The van der Waals surface area contributed by atoms with Gasteiger partial charge in [-0.25, -0.2) is 4.79 Å². The zero-order chi connectivity index (χ0) is 20.1. The van der Waals surface area contributed by atoms with Crippen molar-refractivity contribution in [3.63, 3.8) is 0 Å². The van der Waals surface area contributed by atoms with Gasteiger partial charge in [-0.05, 0) is 24.1 Å². The molecule has 0 bridgehead atoms. The van der Waals surface area contributed by atoms with E-state index < -0.39 is 29.3 Å². The van der Waals surface area contributed by atoms with E-state index in [2.05, 4.69) is 16.1 Å². The molecule has 2 aromatic rings. The largest absolute Gasteiger partial charge is 0.344 e. The summed E-state index contributed by atoms with van der Waals surface area (Å²) in [5.74, 6) is -1.69. The van der Waals surface area contributed by atoms with Gasteiger partial charge in [0.05, 0.1) is 6.54 Å². The number of hydrogen-bond donors (Lipinski definition) is 3. The van der Waals surface area contributed by atoms with Gasteiger partial charge in [-0.1, -0.05) is 55.5 Å². The summed E-state index contributed by atoms with van der Waals surface area (Å²) >= 11 is 0. The van der Waals surface area contributed by atoms with Crippen LogP contribution in [0, 0.1) is 0 Å². The topological polar surface area (TPSA) is 108 Å². The number of amides is 5. The van der Waals surface area contributed by atoms with Crippen LogP contribution in [0.4, 0.5) is 4.79 Å². The Hall–Kier alpha value is -3.68. The van der Waals surface area contributed by atoms with Gasteiger partial charge in [-0.2, -0.15) is 5.01 Å². The first-order valence-electron chi connectivity index (χ1n) is 8.83. The molecule has 5 amide bonds. The Kier molecular flexibility index (Phi) is 5.39. The minimum atomic E-state index is -1.24. The Morgan fingerprint density at radius 3 is 2.21 bits per heavy atom. The lowest BCUT2D eigenvalue weighted by Crippen LogP contribution is -2.51. The minimum Gasteiger partial charge on any atom is -0.343 e. The van der Waals surface area contributed by atoms with Crippen molar-refractivity contribution in [3.05, 3.63) is 71.8 Å². The number of nitrogens with one attached hydrogen (secondary N) is 3. The van der Waals surface area contributed by atoms with Crippen LogP contribution in [-0.2, 0) is 15.1 Å². The molecule has 8 heteroatoms. The molecule has 3 N–H and O–H groups in total. The summed E-state index contributed by atoms with van der Waals surface area (Å²) in [5, 5.41) is 5.77. The fraction of sp³-hybridized carbons (Fsp3) is 0.200. The van der Waals surface area contributed by atoms with Crippen molar-refractivity contribution in [1.82, 2.24) is 21.1 Å². The average molecular weight is 380 g/mol. The van der Waals surface area contributed by atoms with E-state index in [1.807, 2.05) is 6.07 Å². The molecule has 0 radical (unpaired) electrons. The highest BCUT2D eigenvalue weighted by Gasteiger charge is 2.52. The van der Waals surface area contributed by atoms with Crippen molar-refractivity contribution in [3.8, 4) is 0 Å². The van der Waals surface area contributed by atoms with Crippen molar-refractivity contribution in [2.75, 3.05) is 6.54 Å². The van der Waals surface area contributed by atoms with Gasteiger partial charge >= 0.3 is 6.03 Å². The van der Waals surface area contributed by atoms with E-state index >= 15 is 0 Å². The van der Waals surface area contributed by atoms with E-state index in [0.29, 0.717) is 22.6 Å². The number of hydrazine groups is 1. The predicted molar refractivity (Wildman–Crippen MR) is 101 cm³/mol. The van der Waals surface area contributed by atoms with Gasteiger partial charge in [0, 0.05) is 5.56 Å². The number of rotatable bonds is 6. The van der Waals surface area contributed by atoms with Crippen LogP contribution in [0.5, 0.6) is 0 Å². The first-order chi connectivity index (χ1) is 13.5. The molecule has 28 heavy (non-hydrogen) atoms. The summed E-state index contributed by atoms with van der Waals surface area (Å²) in [6, 6.07) is 16.5. The zero-order valence-corrected chi connectivity index (χ0v) is 15.3. The predicted octanol–water partition coefficient (Wildman–Crippen LogP) is 1.30. The maximum absolute atomic E-state index is 12.9. The third kappa shape index (κ3) is 3.57. The van der Waals surface area contributed by atoms with Crippen LogP contribution in [-0.4, -0.2) is 35.3 Å². The Bertz CT molecular complexity index is 901. The lowest BCUT2D eigenvalue weighted by Gasteiger charge is -2.25. The lowest BCUT2D eigenvalue weighted by molar-refractivity contribution is -0.139. The second-order valence-corrected chi connectivity index (χ2v) is 6.28. The number of benzene rings is 2. The smallest absolute Gasteiger partial charge is 0.343 e. The second-order valence-electron chi connectivity index (χ2n) is 6.28. The molecule has 1 saturated heterocycles. The highest BCUT2D eigenvalue weighted by atomic mass is 16.2. The Morgan fingerprint density at radius 1 is 1.00 bits per heavy atom. The summed E-state index contributed by atoms with van der Waals surface area (Å²) in [6.45, 7) is 1.39. The third-order valence-corrected chi connectivity index (χ3v) is 4.57. The molecule has 0 saturated carbocycles. The normalized spacial score (nSPS) is 18.5. The number of nitrogens with zero attached hydrogens (tertiary/aromatic N) is 1. The maximum Gasteiger partial charge on any atom is 0.344 e. The van der Waals surface area contributed by atoms with E-state index in [4.69, 9.17) is 0 Å². The Morgan fingerprint density at radius 2 is 1.61 bits per heavy atom. The summed E-state index contributed by atoms with van der Waals surface area (Å²) in [4.78, 5) is 49.4. The molecule has 3 rings (SSSR count). The molecular weight excluding hydrogens is 360 g/mol. The Labute approximate surface area is 161 Å². The van der Waals surface area contributed by atoms with E-state index in [-0.39, 0.29) is 6.54 Å². The monoisotopic (exact) mass is 380 g/mol. The highest BCUT2D eigenvalue weighted by Crippen LogP contribution is 2.31. The van der Waals surface area contributed by atoms with Crippen LogP contribution in [0.15, 0.2) is 60.7 Å². The van der Waals surface area contributed by atoms with Gasteiger partial charge in [0.1, 0.15) is 5.54 Å². The molecule has 1 aliphatic heterocycles. The molecule has 1 aliphatic rings. The van der Waals surface area contributed by atoms with Crippen molar-refractivity contribution < 1.29 is 19.2 Å². The third-order valence-electron chi connectivity index (χ3n) is 4.57. The summed E-state index contributed by atoms with van der Waals surface area (Å²) in [6.07, 6.45) is 0.318. The lowest BCUT2D eigenvalue weighted by atomic mass is 9.87. The summed E-state index contributed by atoms with van der Waals surface area (Å²) in [7, 11) is 0. The molecular formula is C20H20N4O4. The standard InChI is InChI=1S/C20H20N4O4/c1-2-20(15-11-7-4-8-12-15)18(27)24(19(28)22-20)23-16(25)13-21-17(26)14-9-5-3-6-10-14/h3-12H,2,13H2,1H3,(H,21,26)(H,22,28)(H,23,25)/t20-/m0/s1. The van der Waals surface area contributed by atoms with Crippen molar-refractivity contribution in [2.45, 2.75) is 18.9 Å². The van der Waals surface area contributed by atoms with Crippen LogP contribution in [0.2, 0.25) is 0 Å². The molecule has 1 atom stereocenters. The molecule has 8 nitrogen and oxygen atoms in total. The van der Waals surface area contributed by atoms with Gasteiger partial charge < -0.3 is 10.6 Å². The quantitative estimate of drug-likeness (QED) is 0.657. The Balaban J connectivity index is 1.65. The first-order valence-corrected chi connectivity index (χ1v) is 8.83. The van der Waals surface area contributed by atoms with Crippen LogP contribution < -0.4 is 16.1 Å². The van der Waals surface area contributed by atoms with Gasteiger partial charge in [-0.3, -0.25) is 19.8 Å². The molecule has 1 heterocycles. The molecule has 0 aliphatic carbocycles. The molecule has 2 aromatic carbocycles. The fourth-order valence-electron chi connectivity index (χ4n) is 3.05. The van der Waals surface area contributed by atoms with Crippen molar-refractivity contribution in [1.29, 1.82) is 0 Å². The number of imide groups is 1. The van der Waals surface area contributed by atoms with E-state index in [1.54, 1.807) is 61.5 Å². The SMILES string of the molecule is CC[C@@]1(c2ccccc2)NC(=O)N(NC(=O)CNC(=O)c2ccccc2)C1=O. The fourth-order valence-corrected chi connectivity index (χ4v) is 3.05. The van der Waals surface area contributed by atoms with E-state index in [9.17, 15) is 19.2 Å². The summed E-state index contributed by atoms with van der Waals surface area (Å²) < 4.78 is 0. The number of carbonyl (C=O) groups is 4. The van der Waals surface area contributed by atoms with Gasteiger partial charge in [0.2, 0.25) is 0 Å². The number of urea groups is 1. The van der Waals surface area contributed by atoms with Crippen LogP contribution in [0.25, 0.3) is 0 Å². The van der Waals surface area contributed by atoms with Crippen LogP contribution in [0.3, 0.4) is 0 Å². The van der Waals surface area contributed by atoms with Gasteiger partial charge in [0.15, 0.2) is 0 Å². The maximum atomic E-state index is 12.9. The van der Waals surface area contributed by atoms with Crippen LogP contribution in [0.1, 0.15) is 29.3 Å². The molecule has 0 unspecified atom stereocenters. The zero-order valence-electron chi connectivity index (χ0n) is 15.3. The highest BCUT2D eigenvalue weighted by molar-refractivity contribution is 6.08. The number of carbonyl (C=O) groups excluding carboxylic acids is 4.